The van der Waals surface area contributed by atoms with Crippen LogP contribution < -0.4 is 10.6 Å². The maximum absolute atomic E-state index is 12.4. The second-order valence-electron chi connectivity index (χ2n) is 7.50. The monoisotopic (exact) mass is 436 g/mol. The van der Waals surface area contributed by atoms with Crippen LogP contribution in [-0.4, -0.2) is 73.2 Å². The first kappa shape index (κ1) is 24.2. The predicted octanol–water partition coefficient (Wildman–Crippen LogP) is 1.67. The summed E-state index contributed by atoms with van der Waals surface area (Å²) in [6.45, 7) is 6.96. The number of aromatic amines is 1. The number of aryl methyl sites for hydroxylation is 1. The molecule has 0 aromatic carbocycles. The van der Waals surface area contributed by atoms with E-state index in [-0.39, 0.29) is 30.4 Å². The lowest BCUT2D eigenvalue weighted by atomic mass is 10.1. The fraction of sp³-hybridized carbons (Fsp3) is 0.619. The van der Waals surface area contributed by atoms with Gasteiger partial charge in [0.1, 0.15) is 5.69 Å². The minimum Gasteiger partial charge on any atom is -0.465 e. The van der Waals surface area contributed by atoms with E-state index < -0.39 is 5.97 Å². The lowest BCUT2D eigenvalue weighted by Crippen LogP contribution is -2.46. The number of nitrogens with one attached hydrogen (secondary N) is 3. The van der Waals surface area contributed by atoms with Crippen molar-refractivity contribution in [3.8, 4) is 0 Å². The first-order valence-electron chi connectivity index (χ1n) is 10.5. The SMILES string of the molecule is CCOC(=O)N1CCC(NC(=O)CCCNC(=O)c2[nH]c(C)c(C(=O)OC)c2C)CC1. The molecule has 1 aliphatic heterocycles. The Kier molecular flexibility index (Phi) is 8.89. The summed E-state index contributed by atoms with van der Waals surface area (Å²) in [5, 5.41) is 5.75. The van der Waals surface area contributed by atoms with Crippen molar-refractivity contribution >= 4 is 23.9 Å². The van der Waals surface area contributed by atoms with E-state index in [2.05, 4.69) is 15.6 Å². The number of piperidine rings is 1. The number of amides is 3. The Bertz CT molecular complexity index is 811. The minimum atomic E-state index is -0.491. The molecule has 10 nitrogen and oxygen atoms in total. The summed E-state index contributed by atoms with van der Waals surface area (Å²) < 4.78 is 9.73. The molecule has 0 spiro atoms. The molecule has 1 saturated heterocycles. The Balaban J connectivity index is 1.70. The zero-order chi connectivity index (χ0) is 23.0. The minimum absolute atomic E-state index is 0.0362. The number of rotatable bonds is 8. The fourth-order valence-corrected chi connectivity index (χ4v) is 3.65. The van der Waals surface area contributed by atoms with Gasteiger partial charge in [-0.1, -0.05) is 0 Å². The van der Waals surface area contributed by atoms with E-state index in [9.17, 15) is 19.2 Å². The number of methoxy groups -OCH3 is 1. The van der Waals surface area contributed by atoms with Crippen LogP contribution in [0.15, 0.2) is 0 Å². The van der Waals surface area contributed by atoms with Crippen molar-refractivity contribution in [1.82, 2.24) is 20.5 Å². The van der Waals surface area contributed by atoms with Crippen LogP contribution in [0.2, 0.25) is 0 Å². The van der Waals surface area contributed by atoms with E-state index in [4.69, 9.17) is 9.47 Å². The van der Waals surface area contributed by atoms with Gasteiger partial charge in [0.05, 0.1) is 19.3 Å². The normalized spacial score (nSPS) is 14.1. The summed E-state index contributed by atoms with van der Waals surface area (Å²) in [6.07, 6.45) is 1.84. The summed E-state index contributed by atoms with van der Waals surface area (Å²) >= 11 is 0. The van der Waals surface area contributed by atoms with E-state index in [0.29, 0.717) is 68.0 Å². The fourth-order valence-electron chi connectivity index (χ4n) is 3.65. The van der Waals surface area contributed by atoms with E-state index in [0.717, 1.165) is 0 Å². The van der Waals surface area contributed by atoms with E-state index >= 15 is 0 Å². The van der Waals surface area contributed by atoms with Crippen LogP contribution in [0.4, 0.5) is 4.79 Å². The number of carbonyl (C=O) groups is 4. The van der Waals surface area contributed by atoms with Crippen LogP contribution >= 0.6 is 0 Å². The molecule has 0 unspecified atom stereocenters. The second kappa shape index (κ2) is 11.4. The number of hydrogen-bond acceptors (Lipinski definition) is 6. The van der Waals surface area contributed by atoms with Gasteiger partial charge in [-0.25, -0.2) is 9.59 Å². The molecule has 0 atom stereocenters. The van der Waals surface area contributed by atoms with Gasteiger partial charge in [-0.2, -0.15) is 0 Å². The summed E-state index contributed by atoms with van der Waals surface area (Å²) in [4.78, 5) is 52.7. The number of H-pyrrole nitrogens is 1. The topological polar surface area (TPSA) is 130 Å². The molecule has 172 valence electrons. The molecule has 2 heterocycles. The van der Waals surface area contributed by atoms with Crippen LogP contribution in [0.25, 0.3) is 0 Å². The van der Waals surface area contributed by atoms with Gasteiger partial charge in [0.15, 0.2) is 0 Å². The largest absolute Gasteiger partial charge is 0.465 e. The molecule has 3 N–H and O–H groups in total. The molecular weight excluding hydrogens is 404 g/mol. The molecule has 2 rings (SSSR count). The molecule has 0 radical (unpaired) electrons. The molecule has 1 aromatic rings. The van der Waals surface area contributed by atoms with Crippen molar-refractivity contribution in [2.45, 2.75) is 52.5 Å². The molecule has 0 bridgehead atoms. The van der Waals surface area contributed by atoms with Gasteiger partial charge in [0.25, 0.3) is 5.91 Å². The van der Waals surface area contributed by atoms with Crippen molar-refractivity contribution < 1.29 is 28.7 Å². The number of nitrogens with zero attached hydrogens (tertiary/aromatic N) is 1. The van der Waals surface area contributed by atoms with Crippen molar-refractivity contribution in [1.29, 1.82) is 0 Å². The predicted molar refractivity (Wildman–Crippen MR) is 113 cm³/mol. The molecule has 1 fully saturated rings. The molecule has 31 heavy (non-hydrogen) atoms. The zero-order valence-electron chi connectivity index (χ0n) is 18.6. The highest BCUT2D eigenvalue weighted by atomic mass is 16.6. The van der Waals surface area contributed by atoms with Crippen LogP contribution in [0.5, 0.6) is 0 Å². The highest BCUT2D eigenvalue weighted by Gasteiger charge is 2.25. The van der Waals surface area contributed by atoms with Crippen LogP contribution in [0.3, 0.4) is 0 Å². The third kappa shape index (κ3) is 6.47. The van der Waals surface area contributed by atoms with Gasteiger partial charge in [-0.15, -0.1) is 0 Å². The van der Waals surface area contributed by atoms with Crippen LogP contribution in [0, 0.1) is 13.8 Å². The third-order valence-corrected chi connectivity index (χ3v) is 5.31. The maximum atomic E-state index is 12.4. The van der Waals surface area contributed by atoms with E-state index in [1.165, 1.54) is 7.11 Å². The van der Waals surface area contributed by atoms with Crippen molar-refractivity contribution in [3.63, 3.8) is 0 Å². The average Bonchev–Trinajstić information content (AvgIpc) is 3.05. The number of aromatic nitrogens is 1. The van der Waals surface area contributed by atoms with Crippen LogP contribution in [-0.2, 0) is 14.3 Å². The Labute approximate surface area is 182 Å². The lowest BCUT2D eigenvalue weighted by molar-refractivity contribution is -0.122. The lowest BCUT2D eigenvalue weighted by Gasteiger charge is -2.31. The van der Waals surface area contributed by atoms with Gasteiger partial charge >= 0.3 is 12.1 Å². The molecule has 1 aliphatic rings. The number of ether oxygens (including phenoxy) is 2. The first-order chi connectivity index (χ1) is 14.8. The van der Waals surface area contributed by atoms with Crippen molar-refractivity contribution in [2.24, 2.45) is 0 Å². The Hall–Kier alpha value is -3.04. The zero-order valence-corrected chi connectivity index (χ0v) is 18.6. The Morgan fingerprint density at radius 3 is 2.45 bits per heavy atom. The molecule has 0 saturated carbocycles. The number of esters is 1. The Morgan fingerprint density at radius 1 is 1.16 bits per heavy atom. The highest BCUT2D eigenvalue weighted by Crippen LogP contribution is 2.18. The maximum Gasteiger partial charge on any atom is 0.409 e. The molecule has 3 amide bonds. The van der Waals surface area contributed by atoms with Gasteiger partial charge in [0.2, 0.25) is 5.91 Å². The summed E-state index contributed by atoms with van der Waals surface area (Å²) in [5.41, 5.74) is 1.79. The first-order valence-corrected chi connectivity index (χ1v) is 10.5. The summed E-state index contributed by atoms with van der Waals surface area (Å²) in [7, 11) is 1.29. The van der Waals surface area contributed by atoms with E-state index in [1.807, 2.05) is 0 Å². The highest BCUT2D eigenvalue weighted by molar-refractivity contribution is 6.00. The van der Waals surface area contributed by atoms with Gasteiger partial charge in [-0.3, -0.25) is 9.59 Å². The number of hydrogen-bond donors (Lipinski definition) is 3. The molecule has 10 heteroatoms. The number of carbonyl (C=O) groups excluding carboxylic acids is 4. The quantitative estimate of drug-likeness (QED) is 0.420. The average molecular weight is 437 g/mol. The van der Waals surface area contributed by atoms with Crippen LogP contribution in [0.1, 0.15) is 64.7 Å². The molecular formula is C21H32N4O6. The Morgan fingerprint density at radius 2 is 1.84 bits per heavy atom. The van der Waals surface area contributed by atoms with E-state index in [1.54, 1.807) is 25.7 Å². The summed E-state index contributed by atoms with van der Waals surface area (Å²) in [5.74, 6) is -0.902. The molecule has 1 aromatic heterocycles. The van der Waals surface area contributed by atoms with Gasteiger partial charge < -0.3 is 30.0 Å². The smallest absolute Gasteiger partial charge is 0.409 e. The number of likely N-dealkylation sites (tertiary alicyclic amines) is 1. The standard InChI is InChI=1S/C21H32N4O6/c1-5-31-21(29)25-11-8-15(9-12-25)24-16(26)7-6-10-22-19(27)18-13(2)17(14(3)23-18)20(28)30-4/h15,23H,5-12H2,1-4H3,(H,22,27)(H,24,26). The van der Waals surface area contributed by atoms with Gasteiger partial charge in [-0.05, 0) is 45.6 Å². The van der Waals surface area contributed by atoms with Gasteiger partial charge in [0, 0.05) is 37.8 Å². The van der Waals surface area contributed by atoms with Crippen molar-refractivity contribution in [2.75, 3.05) is 33.4 Å². The molecule has 0 aliphatic carbocycles. The summed E-state index contributed by atoms with van der Waals surface area (Å²) in [6, 6.07) is 0.0362. The van der Waals surface area contributed by atoms with Crippen molar-refractivity contribution in [3.05, 3.63) is 22.5 Å². The second-order valence-corrected chi connectivity index (χ2v) is 7.50. The third-order valence-electron chi connectivity index (χ3n) is 5.31.